The summed E-state index contributed by atoms with van der Waals surface area (Å²) >= 11 is 11.9. The van der Waals surface area contributed by atoms with Crippen molar-refractivity contribution in [3.63, 3.8) is 0 Å². The van der Waals surface area contributed by atoms with Gasteiger partial charge in [-0.05, 0) is 55.0 Å². The molecule has 1 aromatic carbocycles. The molecule has 1 saturated carbocycles. The number of β-amino-alcohol motifs (C(OH)–C–C–N with tert-alkyl or cyclic N) is 2. The molecule has 9 heteroatoms. The first kappa shape index (κ1) is 24.5. The summed E-state index contributed by atoms with van der Waals surface area (Å²) < 4.78 is 0. The summed E-state index contributed by atoms with van der Waals surface area (Å²) in [7, 11) is 0. The Kier molecular flexibility index (Phi) is 7.66. The third-order valence-corrected chi connectivity index (χ3v) is 7.86. The molecular weight excluding hydrogens is 465 g/mol. The van der Waals surface area contributed by atoms with Gasteiger partial charge in [-0.3, -0.25) is 14.5 Å². The maximum absolute atomic E-state index is 12.6. The molecule has 180 valence electrons. The smallest absolute Gasteiger partial charge is 0.246 e. The number of carbonyl (C=O) groups excluding carboxylic acids is 2. The summed E-state index contributed by atoms with van der Waals surface area (Å²) in [4.78, 5) is 30.6. The molecule has 2 N–H and O–H groups in total. The van der Waals surface area contributed by atoms with Crippen molar-refractivity contribution in [2.75, 3.05) is 45.8 Å². The lowest BCUT2D eigenvalue weighted by Crippen LogP contribution is -2.49. The minimum absolute atomic E-state index is 0.0616. The summed E-state index contributed by atoms with van der Waals surface area (Å²) in [6.07, 6.45) is 5.54. The molecule has 1 unspecified atom stereocenters. The molecule has 1 aliphatic carbocycles. The Morgan fingerprint density at radius 1 is 1.12 bits per heavy atom. The molecule has 4 rings (SSSR count). The molecule has 3 aliphatic rings. The van der Waals surface area contributed by atoms with E-state index >= 15 is 0 Å². The van der Waals surface area contributed by atoms with Crippen LogP contribution < -0.4 is 0 Å². The summed E-state index contributed by atoms with van der Waals surface area (Å²) in [6.45, 7) is 3.26. The second kappa shape index (κ2) is 10.3. The van der Waals surface area contributed by atoms with Gasteiger partial charge in [0.25, 0.3) is 0 Å². The predicted octanol–water partition coefficient (Wildman–Crippen LogP) is 2.28. The number of carbonyl (C=O) groups is 2. The van der Waals surface area contributed by atoms with Crippen LogP contribution in [-0.2, 0) is 9.59 Å². The van der Waals surface area contributed by atoms with Gasteiger partial charge in [0, 0.05) is 51.8 Å². The van der Waals surface area contributed by atoms with Crippen LogP contribution in [0.3, 0.4) is 0 Å². The molecule has 7 nitrogen and oxygen atoms in total. The number of likely N-dealkylation sites (tertiary alicyclic amines) is 1. The number of hydrogen-bond donors (Lipinski definition) is 2. The fourth-order valence-corrected chi connectivity index (χ4v) is 5.07. The van der Waals surface area contributed by atoms with Crippen molar-refractivity contribution in [1.29, 1.82) is 0 Å². The highest BCUT2D eigenvalue weighted by Gasteiger charge is 2.51. The van der Waals surface area contributed by atoms with Crippen molar-refractivity contribution in [1.82, 2.24) is 14.7 Å². The van der Waals surface area contributed by atoms with Gasteiger partial charge in [-0.1, -0.05) is 29.3 Å². The number of aliphatic hydroxyl groups excluding tert-OH is 2. The van der Waals surface area contributed by atoms with Crippen molar-refractivity contribution in [2.24, 2.45) is 5.41 Å². The number of amides is 2. The normalized spacial score (nSPS) is 24.4. The quantitative estimate of drug-likeness (QED) is 0.591. The Morgan fingerprint density at radius 3 is 2.61 bits per heavy atom. The van der Waals surface area contributed by atoms with E-state index in [0.29, 0.717) is 42.8 Å². The van der Waals surface area contributed by atoms with Crippen molar-refractivity contribution in [3.05, 3.63) is 39.9 Å². The number of aliphatic hydroxyl groups is 2. The van der Waals surface area contributed by atoms with Crippen LogP contribution in [0.15, 0.2) is 24.3 Å². The van der Waals surface area contributed by atoms with Crippen LogP contribution >= 0.6 is 23.2 Å². The van der Waals surface area contributed by atoms with E-state index in [1.54, 1.807) is 34.1 Å². The van der Waals surface area contributed by atoms with E-state index in [9.17, 15) is 19.8 Å². The average molecular weight is 496 g/mol. The zero-order valence-corrected chi connectivity index (χ0v) is 20.1. The Labute approximate surface area is 204 Å². The highest BCUT2D eigenvalue weighted by atomic mass is 35.5. The third-order valence-electron chi connectivity index (χ3n) is 7.12. The minimum atomic E-state index is -0.689. The Balaban J connectivity index is 1.26. The maximum Gasteiger partial charge on any atom is 0.246 e. The third kappa shape index (κ3) is 6.08. The van der Waals surface area contributed by atoms with Gasteiger partial charge in [0.1, 0.15) is 0 Å². The van der Waals surface area contributed by atoms with E-state index < -0.39 is 6.10 Å². The van der Waals surface area contributed by atoms with Crippen LogP contribution in [0.1, 0.15) is 31.2 Å². The van der Waals surface area contributed by atoms with Crippen LogP contribution in [0.4, 0.5) is 0 Å². The van der Waals surface area contributed by atoms with Crippen molar-refractivity contribution in [3.8, 4) is 0 Å². The van der Waals surface area contributed by atoms with E-state index in [1.807, 2.05) is 0 Å². The van der Waals surface area contributed by atoms with Gasteiger partial charge in [0.15, 0.2) is 0 Å². The summed E-state index contributed by atoms with van der Waals surface area (Å²) in [5, 5.41) is 21.8. The van der Waals surface area contributed by atoms with Gasteiger partial charge in [0.2, 0.25) is 11.8 Å². The lowest BCUT2D eigenvalue weighted by molar-refractivity contribution is -0.132. The first-order chi connectivity index (χ1) is 15.8. The van der Waals surface area contributed by atoms with Crippen LogP contribution in [-0.4, -0.2) is 94.7 Å². The molecule has 2 atom stereocenters. The number of piperidine rings is 1. The maximum atomic E-state index is 12.6. The molecule has 2 aliphatic heterocycles. The standard InChI is InChI=1S/C24H31Cl2N3O4/c25-19-3-1-17(13-20(19)26)2-4-22(32)28-9-5-23(33)29(12-11-28)15-18(30)14-27-10-8-24(6-7-24)21(31)16-27/h1-4,13,18,21,30-31H,5-12,14-16H2/t18?,21-/m1/s1. The highest BCUT2D eigenvalue weighted by molar-refractivity contribution is 6.42. The Hall–Kier alpha value is -1.64. The monoisotopic (exact) mass is 495 g/mol. The largest absolute Gasteiger partial charge is 0.391 e. The second-order valence-electron chi connectivity index (χ2n) is 9.46. The van der Waals surface area contributed by atoms with Gasteiger partial charge in [0.05, 0.1) is 22.3 Å². The lowest BCUT2D eigenvalue weighted by atomic mass is 9.90. The van der Waals surface area contributed by atoms with Gasteiger partial charge >= 0.3 is 0 Å². The molecule has 33 heavy (non-hydrogen) atoms. The first-order valence-corrected chi connectivity index (χ1v) is 12.3. The lowest BCUT2D eigenvalue weighted by Gasteiger charge is -2.37. The Bertz CT molecular complexity index is 921. The first-order valence-electron chi connectivity index (χ1n) is 11.5. The van der Waals surface area contributed by atoms with Crippen LogP contribution in [0.25, 0.3) is 6.08 Å². The molecule has 2 saturated heterocycles. The van der Waals surface area contributed by atoms with Crippen LogP contribution in [0.2, 0.25) is 10.0 Å². The molecule has 2 heterocycles. The zero-order valence-electron chi connectivity index (χ0n) is 18.6. The summed E-state index contributed by atoms with van der Waals surface area (Å²) in [5.41, 5.74) is 0.899. The van der Waals surface area contributed by atoms with Crippen molar-refractivity contribution >= 4 is 41.1 Å². The van der Waals surface area contributed by atoms with Gasteiger partial charge in [-0.25, -0.2) is 0 Å². The number of hydrogen-bond acceptors (Lipinski definition) is 5. The van der Waals surface area contributed by atoms with E-state index in [1.165, 1.54) is 6.08 Å². The van der Waals surface area contributed by atoms with Crippen LogP contribution in [0, 0.1) is 5.41 Å². The molecule has 3 fully saturated rings. The van der Waals surface area contributed by atoms with E-state index in [0.717, 1.165) is 31.4 Å². The molecular formula is C24H31Cl2N3O4. The van der Waals surface area contributed by atoms with Gasteiger partial charge < -0.3 is 20.0 Å². The zero-order chi connectivity index (χ0) is 23.6. The Morgan fingerprint density at radius 2 is 1.91 bits per heavy atom. The molecule has 2 amide bonds. The molecule has 0 aromatic heterocycles. The molecule has 1 spiro atoms. The SMILES string of the molecule is O=C(C=Cc1ccc(Cl)c(Cl)c1)N1CCC(=O)N(CC(O)CN2CCC3(CC3)[C@H](O)C2)CC1. The minimum Gasteiger partial charge on any atom is -0.391 e. The second-order valence-corrected chi connectivity index (χ2v) is 10.3. The average Bonchev–Trinajstić information content (AvgIpc) is 3.58. The predicted molar refractivity (Wildman–Crippen MR) is 128 cm³/mol. The van der Waals surface area contributed by atoms with E-state index in [4.69, 9.17) is 23.2 Å². The van der Waals surface area contributed by atoms with Crippen molar-refractivity contribution < 1.29 is 19.8 Å². The number of nitrogens with zero attached hydrogens (tertiary/aromatic N) is 3. The van der Waals surface area contributed by atoms with Gasteiger partial charge in [-0.2, -0.15) is 0 Å². The summed E-state index contributed by atoms with van der Waals surface area (Å²) in [5.74, 6) is -0.235. The molecule has 1 aromatic rings. The van der Waals surface area contributed by atoms with Gasteiger partial charge in [-0.15, -0.1) is 0 Å². The summed E-state index contributed by atoms with van der Waals surface area (Å²) in [6, 6.07) is 5.14. The number of rotatable bonds is 6. The molecule has 0 bridgehead atoms. The number of halogens is 2. The fourth-order valence-electron chi connectivity index (χ4n) is 4.77. The topological polar surface area (TPSA) is 84.3 Å². The van der Waals surface area contributed by atoms with Crippen molar-refractivity contribution in [2.45, 2.75) is 37.9 Å². The van der Waals surface area contributed by atoms with Crippen LogP contribution in [0.5, 0.6) is 0 Å². The fraction of sp³-hybridized carbons (Fsp3) is 0.583. The van der Waals surface area contributed by atoms with E-state index in [-0.39, 0.29) is 36.3 Å². The number of benzene rings is 1. The molecule has 0 radical (unpaired) electrons. The highest BCUT2D eigenvalue weighted by Crippen LogP contribution is 2.53. The van der Waals surface area contributed by atoms with E-state index in [2.05, 4.69) is 4.90 Å².